The van der Waals surface area contributed by atoms with E-state index >= 15 is 0 Å². The van der Waals surface area contributed by atoms with Crippen LogP contribution in [0.2, 0.25) is 0 Å². The van der Waals surface area contributed by atoms with Crippen LogP contribution in [0, 0.1) is 0 Å². The number of fused-ring (bicyclic) bond motifs is 1. The number of nitrogens with zero attached hydrogens (tertiary/aromatic N) is 1. The highest BCUT2D eigenvalue weighted by Gasteiger charge is 2.26. The second-order valence-corrected chi connectivity index (χ2v) is 3.43. The molecule has 0 aliphatic carbocycles. The molecule has 14 heavy (non-hydrogen) atoms. The molecule has 5 heteroatoms. The number of benzene rings is 1. The number of para-hydroxylation sites is 1. The van der Waals surface area contributed by atoms with E-state index in [0.717, 1.165) is 11.3 Å². The SMILES string of the molecule is NCN1C(=S)Nc2ccccc2C1O. The fourth-order valence-corrected chi connectivity index (χ4v) is 1.77. The van der Waals surface area contributed by atoms with Gasteiger partial charge in [-0.25, -0.2) is 0 Å². The van der Waals surface area contributed by atoms with E-state index < -0.39 is 6.23 Å². The topological polar surface area (TPSA) is 61.5 Å². The van der Waals surface area contributed by atoms with Crippen molar-refractivity contribution in [2.24, 2.45) is 5.73 Å². The molecular formula is C9H11N3OS. The van der Waals surface area contributed by atoms with Crippen LogP contribution >= 0.6 is 12.2 Å². The summed E-state index contributed by atoms with van der Waals surface area (Å²) in [7, 11) is 0. The molecule has 1 aliphatic rings. The zero-order chi connectivity index (χ0) is 10.1. The Bertz CT molecular complexity index is 369. The molecule has 0 radical (unpaired) electrons. The third-order valence-electron chi connectivity index (χ3n) is 2.23. The molecule has 1 aliphatic heterocycles. The number of nitrogens with one attached hydrogen (secondary N) is 1. The Kier molecular flexibility index (Phi) is 2.37. The predicted octanol–water partition coefficient (Wildman–Crippen LogP) is 0.606. The van der Waals surface area contributed by atoms with Gasteiger partial charge in [0.15, 0.2) is 11.3 Å². The molecule has 0 saturated carbocycles. The highest BCUT2D eigenvalue weighted by atomic mass is 32.1. The van der Waals surface area contributed by atoms with Crippen molar-refractivity contribution in [1.82, 2.24) is 4.90 Å². The van der Waals surface area contributed by atoms with Crippen molar-refractivity contribution in [2.75, 3.05) is 12.0 Å². The molecule has 4 N–H and O–H groups in total. The number of aliphatic hydroxyl groups is 1. The second kappa shape index (κ2) is 3.53. The van der Waals surface area contributed by atoms with Crippen molar-refractivity contribution >= 4 is 23.0 Å². The standard InChI is InChI=1S/C9H11N3OS/c10-5-12-8(13)6-3-1-2-4-7(6)11-9(12)14/h1-4,8,13H,5,10H2,(H,11,14). The van der Waals surface area contributed by atoms with Gasteiger partial charge in [0.25, 0.3) is 0 Å². The van der Waals surface area contributed by atoms with Crippen LogP contribution in [0.25, 0.3) is 0 Å². The molecular weight excluding hydrogens is 198 g/mol. The number of anilines is 1. The Labute approximate surface area is 87.3 Å². The van der Waals surface area contributed by atoms with Crippen molar-refractivity contribution in [1.29, 1.82) is 0 Å². The molecule has 1 unspecified atom stereocenters. The van der Waals surface area contributed by atoms with Gasteiger partial charge in [-0.05, 0) is 18.3 Å². The van der Waals surface area contributed by atoms with Crippen molar-refractivity contribution in [3.05, 3.63) is 29.8 Å². The maximum atomic E-state index is 9.91. The third-order valence-corrected chi connectivity index (χ3v) is 2.57. The maximum absolute atomic E-state index is 9.91. The molecule has 0 aromatic heterocycles. The van der Waals surface area contributed by atoms with E-state index in [1.165, 1.54) is 4.90 Å². The van der Waals surface area contributed by atoms with Gasteiger partial charge in [0.05, 0.1) is 6.67 Å². The van der Waals surface area contributed by atoms with Gasteiger partial charge in [0.2, 0.25) is 0 Å². The van der Waals surface area contributed by atoms with Gasteiger partial charge >= 0.3 is 0 Å². The van der Waals surface area contributed by atoms with Crippen LogP contribution in [0.1, 0.15) is 11.8 Å². The van der Waals surface area contributed by atoms with E-state index in [-0.39, 0.29) is 6.67 Å². The summed E-state index contributed by atoms with van der Waals surface area (Å²) >= 11 is 5.05. The van der Waals surface area contributed by atoms with Crippen molar-refractivity contribution < 1.29 is 5.11 Å². The lowest BCUT2D eigenvalue weighted by atomic mass is 10.1. The average molecular weight is 209 g/mol. The van der Waals surface area contributed by atoms with E-state index in [9.17, 15) is 5.11 Å². The molecule has 1 heterocycles. The summed E-state index contributed by atoms with van der Waals surface area (Å²) in [5, 5.41) is 13.4. The quantitative estimate of drug-likeness (QED) is 0.591. The lowest BCUT2D eigenvalue weighted by Crippen LogP contribution is -2.44. The molecule has 74 valence electrons. The fourth-order valence-electron chi connectivity index (χ4n) is 1.48. The minimum absolute atomic E-state index is 0.196. The van der Waals surface area contributed by atoms with Crippen molar-refractivity contribution in [3.8, 4) is 0 Å². The molecule has 1 aromatic rings. The molecule has 0 spiro atoms. The molecule has 4 nitrogen and oxygen atoms in total. The Morgan fingerprint density at radius 1 is 1.50 bits per heavy atom. The Hall–Kier alpha value is -1.17. The van der Waals surface area contributed by atoms with Crippen LogP contribution in [0.15, 0.2) is 24.3 Å². The first-order valence-electron chi connectivity index (χ1n) is 4.28. The third kappa shape index (κ3) is 1.35. The lowest BCUT2D eigenvalue weighted by Gasteiger charge is -2.35. The lowest BCUT2D eigenvalue weighted by molar-refractivity contribution is 0.0538. The first-order chi connectivity index (χ1) is 6.74. The van der Waals surface area contributed by atoms with E-state index in [4.69, 9.17) is 18.0 Å². The number of nitrogens with two attached hydrogens (primary N) is 1. The number of rotatable bonds is 1. The highest BCUT2D eigenvalue weighted by molar-refractivity contribution is 7.80. The zero-order valence-electron chi connectivity index (χ0n) is 7.47. The first-order valence-corrected chi connectivity index (χ1v) is 4.69. The molecule has 1 aromatic carbocycles. The number of thiocarbonyl (C=S) groups is 1. The van der Waals surface area contributed by atoms with Gasteiger partial charge in [0.1, 0.15) is 0 Å². The van der Waals surface area contributed by atoms with Gasteiger partial charge in [-0.1, -0.05) is 18.2 Å². The summed E-state index contributed by atoms with van der Waals surface area (Å²) in [6.45, 7) is 0.196. The smallest absolute Gasteiger partial charge is 0.176 e. The van der Waals surface area contributed by atoms with E-state index in [2.05, 4.69) is 5.32 Å². The minimum Gasteiger partial charge on any atom is -0.369 e. The summed E-state index contributed by atoms with van der Waals surface area (Å²) in [6, 6.07) is 7.47. The van der Waals surface area contributed by atoms with Gasteiger partial charge in [-0.15, -0.1) is 0 Å². The number of aliphatic hydroxyl groups excluding tert-OH is 1. The zero-order valence-corrected chi connectivity index (χ0v) is 8.29. The summed E-state index contributed by atoms with van der Waals surface area (Å²) in [6.07, 6.45) is -0.745. The fraction of sp³-hybridized carbons (Fsp3) is 0.222. The van der Waals surface area contributed by atoms with Crippen LogP contribution in [0.5, 0.6) is 0 Å². The second-order valence-electron chi connectivity index (χ2n) is 3.04. The van der Waals surface area contributed by atoms with E-state index in [1.54, 1.807) is 0 Å². The molecule has 0 saturated heterocycles. The molecule has 2 rings (SSSR count). The maximum Gasteiger partial charge on any atom is 0.176 e. The summed E-state index contributed by atoms with van der Waals surface area (Å²) in [5.74, 6) is 0. The Balaban J connectivity index is 2.43. The summed E-state index contributed by atoms with van der Waals surface area (Å²) in [5.41, 5.74) is 7.12. The molecule has 0 bridgehead atoms. The van der Waals surface area contributed by atoms with Crippen LogP contribution in [-0.4, -0.2) is 21.8 Å². The first kappa shape index (κ1) is 9.39. The molecule has 1 atom stereocenters. The Morgan fingerprint density at radius 2 is 2.21 bits per heavy atom. The van der Waals surface area contributed by atoms with Crippen LogP contribution in [0.4, 0.5) is 5.69 Å². The average Bonchev–Trinajstić information content (AvgIpc) is 2.18. The van der Waals surface area contributed by atoms with Gasteiger partial charge in [-0.3, -0.25) is 0 Å². The van der Waals surface area contributed by atoms with Gasteiger partial charge in [0, 0.05) is 11.3 Å². The minimum atomic E-state index is -0.745. The number of hydrogen-bond donors (Lipinski definition) is 3. The van der Waals surface area contributed by atoms with Crippen molar-refractivity contribution in [3.63, 3.8) is 0 Å². The van der Waals surface area contributed by atoms with E-state index in [0.29, 0.717) is 5.11 Å². The molecule has 0 amide bonds. The van der Waals surface area contributed by atoms with Crippen LogP contribution < -0.4 is 11.1 Å². The monoisotopic (exact) mass is 209 g/mol. The predicted molar refractivity (Wildman–Crippen MR) is 58.5 cm³/mol. The summed E-state index contributed by atoms with van der Waals surface area (Å²) < 4.78 is 0. The largest absolute Gasteiger partial charge is 0.369 e. The molecule has 0 fully saturated rings. The number of hydrogen-bond acceptors (Lipinski definition) is 3. The van der Waals surface area contributed by atoms with Crippen molar-refractivity contribution in [2.45, 2.75) is 6.23 Å². The van der Waals surface area contributed by atoms with E-state index in [1.807, 2.05) is 24.3 Å². The summed E-state index contributed by atoms with van der Waals surface area (Å²) in [4.78, 5) is 1.53. The van der Waals surface area contributed by atoms with Crippen LogP contribution in [0.3, 0.4) is 0 Å². The van der Waals surface area contributed by atoms with Gasteiger partial charge < -0.3 is 21.1 Å². The van der Waals surface area contributed by atoms with Gasteiger partial charge in [-0.2, -0.15) is 0 Å². The Morgan fingerprint density at radius 3 is 2.93 bits per heavy atom. The highest BCUT2D eigenvalue weighted by Crippen LogP contribution is 2.29. The van der Waals surface area contributed by atoms with Crippen LogP contribution in [-0.2, 0) is 0 Å². The normalized spacial score (nSPS) is 20.3.